The maximum absolute atomic E-state index is 15.2. The zero-order chi connectivity index (χ0) is 29.0. The number of carbonyl (C=O) groups is 1. The molecule has 0 aromatic heterocycles. The summed E-state index contributed by atoms with van der Waals surface area (Å²) in [7, 11) is -2.99. The van der Waals surface area contributed by atoms with Crippen LogP contribution >= 0.6 is 0 Å². The fraction of sp³-hybridized carbons (Fsp3) is 0.441. The van der Waals surface area contributed by atoms with E-state index >= 15 is 4.39 Å². The van der Waals surface area contributed by atoms with Crippen LogP contribution in [0.3, 0.4) is 0 Å². The third kappa shape index (κ3) is 7.18. The van der Waals surface area contributed by atoms with Gasteiger partial charge in [0.05, 0.1) is 24.9 Å². The third-order valence-corrected chi connectivity index (χ3v) is 10.1. The van der Waals surface area contributed by atoms with Gasteiger partial charge in [-0.15, -0.1) is 0 Å². The standard InChI is InChI=1S/C34H39FO5S/c1-3-39-34(36)32-22-31(32)24-12-9-23(10-13-24)11-14-27-20-30-26(21-33(27)35)8-5-7-25-19-28(15-16-29(25)30)40-17-6-18-41(37,38)4-2/h9-10,12-13,15-16,19-21,31-32H,3-8,11,14,17-18,22H2,1-2H3/t31-,32+/m1/s1. The molecule has 0 heterocycles. The van der Waals surface area contributed by atoms with E-state index in [0.717, 1.165) is 65.7 Å². The molecule has 2 aliphatic rings. The first kappa shape index (κ1) is 29.3. The number of aryl methyl sites for hydroxylation is 4. The Morgan fingerprint density at radius 2 is 1.71 bits per heavy atom. The predicted molar refractivity (Wildman–Crippen MR) is 160 cm³/mol. The van der Waals surface area contributed by atoms with Gasteiger partial charge < -0.3 is 9.47 Å². The average molecular weight is 579 g/mol. The fourth-order valence-electron chi connectivity index (χ4n) is 5.80. The predicted octanol–water partition coefficient (Wildman–Crippen LogP) is 6.64. The Bertz CT molecular complexity index is 1500. The Labute approximate surface area is 243 Å². The first-order valence-electron chi connectivity index (χ1n) is 14.8. The summed E-state index contributed by atoms with van der Waals surface area (Å²) in [6.45, 7) is 4.26. The second-order valence-electron chi connectivity index (χ2n) is 11.2. The zero-order valence-electron chi connectivity index (χ0n) is 24.0. The molecule has 2 aliphatic carbocycles. The molecule has 5 rings (SSSR count). The summed E-state index contributed by atoms with van der Waals surface area (Å²) in [4.78, 5) is 12.0. The largest absolute Gasteiger partial charge is 0.494 e. The number of halogens is 1. The average Bonchev–Trinajstić information content (AvgIpc) is 3.78. The molecule has 0 N–H and O–H groups in total. The first-order valence-corrected chi connectivity index (χ1v) is 16.6. The van der Waals surface area contributed by atoms with Gasteiger partial charge in [0.15, 0.2) is 0 Å². The lowest BCUT2D eigenvalue weighted by atomic mass is 9.92. The SMILES string of the molecule is CCOC(=O)[C@H]1C[C@@H]1c1ccc(CCc2cc3c(cc2F)CCCc2cc(OCCCS(=O)(=O)CC)ccc2-3)cc1. The van der Waals surface area contributed by atoms with Crippen molar-refractivity contribution in [1.82, 2.24) is 0 Å². The molecule has 0 unspecified atom stereocenters. The highest BCUT2D eigenvalue weighted by Crippen LogP contribution is 2.48. The van der Waals surface area contributed by atoms with Gasteiger partial charge in [-0.3, -0.25) is 4.79 Å². The molecule has 2 atom stereocenters. The molecule has 0 aliphatic heterocycles. The van der Waals surface area contributed by atoms with Crippen molar-refractivity contribution in [3.8, 4) is 16.9 Å². The van der Waals surface area contributed by atoms with E-state index in [2.05, 4.69) is 36.4 Å². The number of hydrogen-bond donors (Lipinski definition) is 0. The highest BCUT2D eigenvalue weighted by molar-refractivity contribution is 7.91. The molecule has 41 heavy (non-hydrogen) atoms. The fourth-order valence-corrected chi connectivity index (χ4v) is 6.65. The number of ether oxygens (including phenoxy) is 2. The Kier molecular flexibility index (Phi) is 9.12. The van der Waals surface area contributed by atoms with Gasteiger partial charge in [0.2, 0.25) is 0 Å². The molecular formula is C34H39FO5S. The lowest BCUT2D eigenvalue weighted by molar-refractivity contribution is -0.144. The molecular weight excluding hydrogens is 539 g/mol. The lowest BCUT2D eigenvalue weighted by Crippen LogP contribution is -2.11. The maximum atomic E-state index is 15.2. The second-order valence-corrected chi connectivity index (χ2v) is 13.6. The summed E-state index contributed by atoms with van der Waals surface area (Å²) in [6.07, 6.45) is 5.28. The smallest absolute Gasteiger partial charge is 0.309 e. The summed E-state index contributed by atoms with van der Waals surface area (Å²) in [5.41, 5.74) is 7.43. The van der Waals surface area contributed by atoms with Crippen LogP contribution in [0.1, 0.15) is 66.8 Å². The Hall–Kier alpha value is -3.19. The minimum absolute atomic E-state index is 0.0235. The summed E-state index contributed by atoms with van der Waals surface area (Å²) >= 11 is 0. The summed E-state index contributed by atoms with van der Waals surface area (Å²) < 4.78 is 49.7. The monoisotopic (exact) mass is 578 g/mol. The molecule has 0 amide bonds. The number of carbonyl (C=O) groups excluding carboxylic acids is 1. The maximum Gasteiger partial charge on any atom is 0.309 e. The van der Waals surface area contributed by atoms with Crippen LogP contribution in [0.25, 0.3) is 11.1 Å². The zero-order valence-corrected chi connectivity index (χ0v) is 24.8. The van der Waals surface area contributed by atoms with Crippen LogP contribution in [-0.2, 0) is 45.1 Å². The molecule has 0 saturated heterocycles. The van der Waals surface area contributed by atoms with Gasteiger partial charge in [-0.2, -0.15) is 0 Å². The van der Waals surface area contributed by atoms with Crippen molar-refractivity contribution in [2.75, 3.05) is 24.7 Å². The van der Waals surface area contributed by atoms with Crippen LogP contribution in [0.2, 0.25) is 0 Å². The Morgan fingerprint density at radius 1 is 0.951 bits per heavy atom. The number of rotatable bonds is 12. The van der Waals surface area contributed by atoms with Gasteiger partial charge in [0.25, 0.3) is 0 Å². The van der Waals surface area contributed by atoms with E-state index in [1.807, 2.05) is 19.1 Å². The van der Waals surface area contributed by atoms with E-state index in [-0.39, 0.29) is 35.1 Å². The van der Waals surface area contributed by atoms with Gasteiger partial charge in [-0.05, 0) is 121 Å². The molecule has 1 fully saturated rings. The lowest BCUT2D eigenvalue weighted by Gasteiger charge is -2.15. The minimum Gasteiger partial charge on any atom is -0.494 e. The van der Waals surface area contributed by atoms with E-state index in [9.17, 15) is 13.2 Å². The second kappa shape index (κ2) is 12.8. The number of fused-ring (bicyclic) bond motifs is 3. The van der Waals surface area contributed by atoms with Crippen molar-refractivity contribution < 1.29 is 27.1 Å². The van der Waals surface area contributed by atoms with Crippen molar-refractivity contribution in [2.45, 2.75) is 64.7 Å². The number of hydrogen-bond acceptors (Lipinski definition) is 5. The Balaban J connectivity index is 1.24. The van der Waals surface area contributed by atoms with Gasteiger partial charge in [0.1, 0.15) is 21.4 Å². The van der Waals surface area contributed by atoms with Crippen molar-refractivity contribution >= 4 is 15.8 Å². The summed E-state index contributed by atoms with van der Waals surface area (Å²) in [5, 5.41) is 0. The molecule has 0 bridgehead atoms. The molecule has 7 heteroatoms. The van der Waals surface area contributed by atoms with Gasteiger partial charge in [-0.25, -0.2) is 12.8 Å². The summed E-state index contributed by atoms with van der Waals surface area (Å²) in [6, 6.07) is 18.1. The molecule has 1 saturated carbocycles. The van der Waals surface area contributed by atoms with Crippen molar-refractivity contribution in [3.63, 3.8) is 0 Å². The van der Waals surface area contributed by atoms with Crippen molar-refractivity contribution in [2.24, 2.45) is 5.92 Å². The summed E-state index contributed by atoms with van der Waals surface area (Å²) in [5.74, 6) is 0.993. The van der Waals surface area contributed by atoms with Crippen molar-refractivity contribution in [1.29, 1.82) is 0 Å². The van der Waals surface area contributed by atoms with E-state index < -0.39 is 9.84 Å². The number of benzene rings is 3. The quantitative estimate of drug-likeness (QED) is 0.178. The van der Waals surface area contributed by atoms with Gasteiger partial charge in [-0.1, -0.05) is 37.3 Å². The van der Waals surface area contributed by atoms with Crippen molar-refractivity contribution in [3.05, 3.63) is 88.2 Å². The van der Waals surface area contributed by atoms with Crippen LogP contribution < -0.4 is 4.74 Å². The molecule has 218 valence electrons. The van der Waals surface area contributed by atoms with E-state index in [0.29, 0.717) is 31.6 Å². The third-order valence-electron chi connectivity index (χ3n) is 8.31. The van der Waals surface area contributed by atoms with Crippen LogP contribution in [0.4, 0.5) is 4.39 Å². The highest BCUT2D eigenvalue weighted by Gasteiger charge is 2.45. The van der Waals surface area contributed by atoms with Gasteiger partial charge >= 0.3 is 5.97 Å². The van der Waals surface area contributed by atoms with E-state index in [1.165, 1.54) is 5.56 Å². The number of esters is 1. The molecule has 0 radical (unpaired) electrons. The Morgan fingerprint density at radius 3 is 2.44 bits per heavy atom. The first-order chi connectivity index (χ1) is 19.8. The molecule has 3 aromatic rings. The molecule has 3 aromatic carbocycles. The minimum atomic E-state index is -2.99. The van der Waals surface area contributed by atoms with E-state index in [1.54, 1.807) is 13.0 Å². The molecule has 5 nitrogen and oxygen atoms in total. The van der Waals surface area contributed by atoms with Crippen LogP contribution in [-0.4, -0.2) is 39.1 Å². The van der Waals surface area contributed by atoms with Crippen LogP contribution in [0, 0.1) is 11.7 Å². The van der Waals surface area contributed by atoms with Crippen LogP contribution in [0.15, 0.2) is 54.6 Å². The normalized spacial score (nSPS) is 17.7. The molecule has 0 spiro atoms. The topological polar surface area (TPSA) is 69.7 Å². The van der Waals surface area contributed by atoms with Gasteiger partial charge in [0, 0.05) is 5.75 Å². The van der Waals surface area contributed by atoms with E-state index in [4.69, 9.17) is 9.47 Å². The number of sulfone groups is 1. The van der Waals surface area contributed by atoms with Crippen LogP contribution in [0.5, 0.6) is 5.75 Å². The highest BCUT2D eigenvalue weighted by atomic mass is 32.2.